The standard InChI is InChI=1S/C30H27F2N3O2/c1-17-15-23(21-9-5-4-8-20(17)21)27-22-10-6-7-11-26(22)35(3)30(37)28(33-27)34-29(36)18(2)14-19-12-13-24(31)25(32)16-19/h4-13,15-16,18,23,28H,14H2,1-3H3,(H,34,36)/t18-,23?,28?/m0/s1. The summed E-state index contributed by atoms with van der Waals surface area (Å²) in [5, 5.41) is 2.80. The molecule has 37 heavy (non-hydrogen) atoms. The number of halogens is 2. The first-order valence-electron chi connectivity index (χ1n) is 12.2. The van der Waals surface area contributed by atoms with Crippen molar-refractivity contribution < 1.29 is 18.4 Å². The lowest BCUT2D eigenvalue weighted by Gasteiger charge is -2.22. The molecule has 0 aromatic heterocycles. The number of fused-ring (bicyclic) bond motifs is 2. The van der Waals surface area contributed by atoms with Gasteiger partial charge in [-0.05, 0) is 53.8 Å². The van der Waals surface area contributed by atoms with E-state index in [-0.39, 0.29) is 18.2 Å². The van der Waals surface area contributed by atoms with E-state index < -0.39 is 29.6 Å². The Labute approximate surface area is 214 Å². The summed E-state index contributed by atoms with van der Waals surface area (Å²) in [5.74, 6) is -3.42. The van der Waals surface area contributed by atoms with Crippen molar-refractivity contribution in [3.8, 4) is 0 Å². The molecule has 2 aliphatic rings. The number of nitrogens with one attached hydrogen (secondary N) is 1. The highest BCUT2D eigenvalue weighted by atomic mass is 19.2. The maximum Gasteiger partial charge on any atom is 0.272 e. The van der Waals surface area contributed by atoms with Gasteiger partial charge < -0.3 is 10.2 Å². The number of hydrogen-bond acceptors (Lipinski definition) is 3. The number of nitrogens with zero attached hydrogens (tertiary/aromatic N) is 2. The van der Waals surface area contributed by atoms with Crippen LogP contribution in [0.1, 0.15) is 42.0 Å². The molecule has 0 radical (unpaired) electrons. The van der Waals surface area contributed by atoms with Crippen LogP contribution in [0.2, 0.25) is 0 Å². The molecular formula is C30H27F2N3O2. The van der Waals surface area contributed by atoms with Crippen molar-refractivity contribution in [3.05, 3.63) is 107 Å². The van der Waals surface area contributed by atoms with Crippen molar-refractivity contribution in [2.45, 2.75) is 32.4 Å². The highest BCUT2D eigenvalue weighted by Gasteiger charge is 2.35. The van der Waals surface area contributed by atoms with Gasteiger partial charge in [0, 0.05) is 24.4 Å². The smallest absolute Gasteiger partial charge is 0.272 e. The van der Waals surface area contributed by atoms with Gasteiger partial charge in [-0.25, -0.2) is 8.78 Å². The molecule has 0 saturated carbocycles. The fraction of sp³-hybridized carbons (Fsp3) is 0.233. The Kier molecular flexibility index (Phi) is 6.46. The summed E-state index contributed by atoms with van der Waals surface area (Å²) in [6, 6.07) is 19.3. The summed E-state index contributed by atoms with van der Waals surface area (Å²) < 4.78 is 26.9. The largest absolute Gasteiger partial charge is 0.326 e. The molecule has 1 heterocycles. The van der Waals surface area contributed by atoms with Gasteiger partial charge in [0.1, 0.15) is 0 Å². The van der Waals surface area contributed by atoms with Crippen LogP contribution in [-0.4, -0.2) is 30.7 Å². The number of carbonyl (C=O) groups excluding carboxylic acids is 2. The van der Waals surface area contributed by atoms with Crippen LogP contribution in [0.25, 0.3) is 5.57 Å². The molecular weight excluding hydrogens is 472 g/mol. The minimum Gasteiger partial charge on any atom is -0.326 e. The van der Waals surface area contributed by atoms with E-state index in [1.807, 2.05) is 36.4 Å². The number of amides is 2. The Morgan fingerprint density at radius 3 is 2.49 bits per heavy atom. The second-order valence-electron chi connectivity index (χ2n) is 9.61. The lowest BCUT2D eigenvalue weighted by molar-refractivity contribution is -0.129. The number of para-hydroxylation sites is 1. The van der Waals surface area contributed by atoms with Crippen LogP contribution in [-0.2, 0) is 16.0 Å². The molecule has 3 aromatic carbocycles. The zero-order valence-electron chi connectivity index (χ0n) is 20.8. The van der Waals surface area contributed by atoms with Crippen LogP contribution in [0.4, 0.5) is 14.5 Å². The summed E-state index contributed by atoms with van der Waals surface area (Å²) in [4.78, 5) is 33.0. The van der Waals surface area contributed by atoms with E-state index in [0.717, 1.165) is 34.4 Å². The first-order valence-corrected chi connectivity index (χ1v) is 12.2. The Morgan fingerprint density at radius 2 is 1.73 bits per heavy atom. The maximum atomic E-state index is 13.6. The quantitative estimate of drug-likeness (QED) is 0.521. The molecule has 188 valence electrons. The maximum absolute atomic E-state index is 13.6. The van der Waals surface area contributed by atoms with Gasteiger partial charge in [-0.1, -0.05) is 61.5 Å². The fourth-order valence-corrected chi connectivity index (χ4v) is 5.06. The Bertz CT molecular complexity index is 1460. The van der Waals surface area contributed by atoms with Gasteiger partial charge in [0.05, 0.1) is 11.4 Å². The average molecular weight is 500 g/mol. The van der Waals surface area contributed by atoms with Crippen LogP contribution in [0, 0.1) is 17.6 Å². The van der Waals surface area contributed by atoms with Crippen LogP contribution in [0.15, 0.2) is 77.8 Å². The first kappa shape index (κ1) is 24.6. The molecule has 0 fully saturated rings. The molecule has 5 nitrogen and oxygen atoms in total. The van der Waals surface area contributed by atoms with Crippen molar-refractivity contribution in [1.82, 2.24) is 5.32 Å². The molecule has 1 aliphatic carbocycles. The molecule has 2 unspecified atom stereocenters. The number of benzodiazepines with no additional fused rings is 1. The molecule has 0 saturated heterocycles. The highest BCUT2D eigenvalue weighted by molar-refractivity contribution is 6.17. The summed E-state index contributed by atoms with van der Waals surface area (Å²) in [5.41, 5.74) is 6.11. The minimum atomic E-state index is -1.13. The average Bonchev–Trinajstić information content (AvgIpc) is 3.19. The number of benzene rings is 3. The summed E-state index contributed by atoms with van der Waals surface area (Å²) in [6.45, 7) is 3.73. The van der Waals surface area contributed by atoms with E-state index in [9.17, 15) is 18.4 Å². The molecule has 1 aliphatic heterocycles. The van der Waals surface area contributed by atoms with Crippen molar-refractivity contribution in [3.63, 3.8) is 0 Å². The highest BCUT2D eigenvalue weighted by Crippen LogP contribution is 2.40. The van der Waals surface area contributed by atoms with E-state index in [4.69, 9.17) is 4.99 Å². The zero-order valence-corrected chi connectivity index (χ0v) is 20.8. The van der Waals surface area contributed by atoms with Crippen LogP contribution < -0.4 is 10.2 Å². The van der Waals surface area contributed by atoms with Gasteiger partial charge >= 0.3 is 0 Å². The summed E-state index contributed by atoms with van der Waals surface area (Å²) in [7, 11) is 1.67. The zero-order chi connectivity index (χ0) is 26.3. The van der Waals surface area contributed by atoms with Gasteiger partial charge in [-0.15, -0.1) is 0 Å². The normalized spacial score (nSPS) is 19.4. The van der Waals surface area contributed by atoms with E-state index in [1.165, 1.54) is 11.0 Å². The summed E-state index contributed by atoms with van der Waals surface area (Å²) >= 11 is 0. The molecule has 0 spiro atoms. The van der Waals surface area contributed by atoms with E-state index >= 15 is 0 Å². The number of allylic oxidation sites excluding steroid dienone is 2. The van der Waals surface area contributed by atoms with Crippen molar-refractivity contribution in [1.29, 1.82) is 0 Å². The molecule has 3 aromatic rings. The van der Waals surface area contributed by atoms with Crippen LogP contribution in [0.3, 0.4) is 0 Å². The fourth-order valence-electron chi connectivity index (χ4n) is 5.06. The molecule has 2 amide bonds. The Hall–Kier alpha value is -4.13. The van der Waals surface area contributed by atoms with Crippen molar-refractivity contribution >= 4 is 28.8 Å². The topological polar surface area (TPSA) is 61.8 Å². The van der Waals surface area contributed by atoms with Crippen molar-refractivity contribution in [2.75, 3.05) is 11.9 Å². The summed E-state index contributed by atoms with van der Waals surface area (Å²) in [6.07, 6.45) is 1.20. The van der Waals surface area contributed by atoms with Gasteiger partial charge in [-0.3, -0.25) is 14.6 Å². The predicted molar refractivity (Wildman–Crippen MR) is 140 cm³/mol. The van der Waals surface area contributed by atoms with Crippen molar-refractivity contribution in [2.24, 2.45) is 10.9 Å². The molecule has 3 atom stereocenters. The number of aliphatic imine (C=N–C) groups is 1. The first-order chi connectivity index (χ1) is 17.7. The second kappa shape index (κ2) is 9.73. The van der Waals surface area contributed by atoms with Crippen LogP contribution in [0.5, 0.6) is 0 Å². The lowest BCUT2D eigenvalue weighted by Crippen LogP contribution is -2.47. The SMILES string of the molecule is CC1=CC(C2=NC(NC(=O)[C@@H](C)Cc3ccc(F)c(F)c3)C(=O)N(C)c3ccccc32)c2ccccc21. The predicted octanol–water partition coefficient (Wildman–Crippen LogP) is 5.25. The number of rotatable bonds is 5. The van der Waals surface area contributed by atoms with Gasteiger partial charge in [0.2, 0.25) is 12.1 Å². The Balaban J connectivity index is 1.48. The van der Waals surface area contributed by atoms with E-state index in [0.29, 0.717) is 17.0 Å². The van der Waals surface area contributed by atoms with E-state index in [2.05, 4.69) is 30.4 Å². The third-order valence-corrected chi connectivity index (χ3v) is 7.06. The molecule has 1 N–H and O–H groups in total. The number of likely N-dealkylation sites (N-methyl/N-ethyl adjacent to an activating group) is 1. The Morgan fingerprint density at radius 1 is 1.03 bits per heavy atom. The van der Waals surface area contributed by atoms with Crippen LogP contribution >= 0.6 is 0 Å². The lowest BCUT2D eigenvalue weighted by atomic mass is 9.90. The number of anilines is 1. The third-order valence-electron chi connectivity index (χ3n) is 7.06. The third kappa shape index (κ3) is 4.57. The van der Waals surface area contributed by atoms with Gasteiger partial charge in [0.25, 0.3) is 5.91 Å². The monoisotopic (exact) mass is 499 g/mol. The second-order valence-corrected chi connectivity index (χ2v) is 9.61. The van der Waals surface area contributed by atoms with Gasteiger partial charge in [0.15, 0.2) is 11.6 Å². The number of carbonyl (C=O) groups is 2. The number of hydrogen-bond donors (Lipinski definition) is 1. The minimum absolute atomic E-state index is 0.171. The van der Waals surface area contributed by atoms with E-state index in [1.54, 1.807) is 14.0 Å². The molecule has 5 rings (SSSR count). The molecule has 7 heteroatoms. The van der Waals surface area contributed by atoms with Gasteiger partial charge in [-0.2, -0.15) is 0 Å². The molecule has 0 bridgehead atoms.